The zero-order valence-corrected chi connectivity index (χ0v) is 11.2. The standard InChI is InChI=1S/C14H26N2O2/c17-14(16-13-7-9-18-10-8-13)11-15-12-5-3-1-2-4-6-12/h12-13,15H,1-11H2,(H,16,17). The Labute approximate surface area is 110 Å². The lowest BCUT2D eigenvalue weighted by molar-refractivity contribution is -0.121. The van der Waals surface area contributed by atoms with Gasteiger partial charge in [0.05, 0.1) is 6.54 Å². The minimum Gasteiger partial charge on any atom is -0.381 e. The number of amides is 1. The van der Waals surface area contributed by atoms with Gasteiger partial charge in [-0.3, -0.25) is 4.79 Å². The number of nitrogens with one attached hydrogen (secondary N) is 2. The summed E-state index contributed by atoms with van der Waals surface area (Å²) in [6.07, 6.45) is 9.68. The van der Waals surface area contributed by atoms with Crippen LogP contribution < -0.4 is 10.6 Å². The van der Waals surface area contributed by atoms with Crippen molar-refractivity contribution >= 4 is 5.91 Å². The molecule has 0 bridgehead atoms. The van der Waals surface area contributed by atoms with E-state index in [4.69, 9.17) is 4.74 Å². The molecule has 1 amide bonds. The van der Waals surface area contributed by atoms with Crippen molar-refractivity contribution in [1.82, 2.24) is 10.6 Å². The molecule has 0 unspecified atom stereocenters. The lowest BCUT2D eigenvalue weighted by Gasteiger charge is -2.24. The van der Waals surface area contributed by atoms with E-state index in [1.807, 2.05) is 0 Å². The molecule has 0 atom stereocenters. The number of carbonyl (C=O) groups is 1. The summed E-state index contributed by atoms with van der Waals surface area (Å²) in [5.41, 5.74) is 0. The molecule has 2 fully saturated rings. The van der Waals surface area contributed by atoms with Crippen molar-refractivity contribution in [1.29, 1.82) is 0 Å². The smallest absolute Gasteiger partial charge is 0.234 e. The molecule has 4 nitrogen and oxygen atoms in total. The molecule has 1 heterocycles. The van der Waals surface area contributed by atoms with Crippen molar-refractivity contribution in [2.24, 2.45) is 0 Å². The van der Waals surface area contributed by atoms with Crippen LogP contribution in [0.3, 0.4) is 0 Å². The summed E-state index contributed by atoms with van der Waals surface area (Å²) in [6.45, 7) is 2.03. The zero-order valence-electron chi connectivity index (χ0n) is 11.2. The normalized spacial score (nSPS) is 23.6. The van der Waals surface area contributed by atoms with Crippen LogP contribution in [0.2, 0.25) is 0 Å². The minimum atomic E-state index is 0.145. The molecule has 2 rings (SSSR count). The van der Waals surface area contributed by atoms with Crippen LogP contribution in [0.5, 0.6) is 0 Å². The summed E-state index contributed by atoms with van der Waals surface area (Å²) in [7, 11) is 0. The van der Waals surface area contributed by atoms with Gasteiger partial charge < -0.3 is 15.4 Å². The molecule has 1 aliphatic carbocycles. The summed E-state index contributed by atoms with van der Waals surface area (Å²) >= 11 is 0. The molecule has 0 aromatic carbocycles. The van der Waals surface area contributed by atoms with Crippen LogP contribution in [-0.2, 0) is 9.53 Å². The highest BCUT2D eigenvalue weighted by molar-refractivity contribution is 5.78. The summed E-state index contributed by atoms with van der Waals surface area (Å²) < 4.78 is 5.28. The van der Waals surface area contributed by atoms with Gasteiger partial charge in [0.15, 0.2) is 0 Å². The van der Waals surface area contributed by atoms with Crippen molar-refractivity contribution in [3.05, 3.63) is 0 Å². The van der Waals surface area contributed by atoms with E-state index in [-0.39, 0.29) is 5.91 Å². The van der Waals surface area contributed by atoms with Crippen LogP contribution in [0.15, 0.2) is 0 Å². The molecule has 104 valence electrons. The molecular formula is C14H26N2O2. The fourth-order valence-corrected chi connectivity index (χ4v) is 2.84. The number of hydrogen-bond acceptors (Lipinski definition) is 3. The van der Waals surface area contributed by atoms with Crippen molar-refractivity contribution in [2.45, 2.75) is 63.5 Å². The topological polar surface area (TPSA) is 50.4 Å². The maximum atomic E-state index is 11.8. The SMILES string of the molecule is O=C(CNC1CCCCCC1)NC1CCOCC1. The van der Waals surface area contributed by atoms with Gasteiger partial charge in [-0.25, -0.2) is 0 Å². The van der Waals surface area contributed by atoms with E-state index in [1.165, 1.54) is 38.5 Å². The summed E-state index contributed by atoms with van der Waals surface area (Å²) in [4.78, 5) is 11.8. The maximum Gasteiger partial charge on any atom is 0.234 e. The molecule has 2 aliphatic rings. The molecular weight excluding hydrogens is 228 g/mol. The van der Waals surface area contributed by atoms with Gasteiger partial charge in [-0.15, -0.1) is 0 Å². The first-order valence-corrected chi connectivity index (χ1v) is 7.45. The van der Waals surface area contributed by atoms with Crippen molar-refractivity contribution in [2.75, 3.05) is 19.8 Å². The van der Waals surface area contributed by atoms with E-state index in [9.17, 15) is 4.79 Å². The van der Waals surface area contributed by atoms with E-state index in [1.54, 1.807) is 0 Å². The summed E-state index contributed by atoms with van der Waals surface area (Å²) in [5.74, 6) is 0.145. The molecule has 1 aliphatic heterocycles. The molecule has 1 saturated carbocycles. The van der Waals surface area contributed by atoms with Gasteiger partial charge >= 0.3 is 0 Å². The van der Waals surface area contributed by atoms with E-state index >= 15 is 0 Å². The van der Waals surface area contributed by atoms with Crippen LogP contribution in [-0.4, -0.2) is 37.7 Å². The van der Waals surface area contributed by atoms with Crippen molar-refractivity contribution < 1.29 is 9.53 Å². The van der Waals surface area contributed by atoms with Gasteiger partial charge in [0, 0.05) is 25.3 Å². The molecule has 1 saturated heterocycles. The highest BCUT2D eigenvalue weighted by Gasteiger charge is 2.17. The first kappa shape index (κ1) is 13.8. The minimum absolute atomic E-state index is 0.145. The number of rotatable bonds is 4. The Morgan fingerprint density at radius 1 is 0.944 bits per heavy atom. The van der Waals surface area contributed by atoms with E-state index < -0.39 is 0 Å². The Hall–Kier alpha value is -0.610. The van der Waals surface area contributed by atoms with Crippen LogP contribution >= 0.6 is 0 Å². The number of carbonyl (C=O) groups excluding carboxylic acids is 1. The van der Waals surface area contributed by atoms with Crippen LogP contribution in [0.4, 0.5) is 0 Å². The van der Waals surface area contributed by atoms with E-state index in [0.29, 0.717) is 18.6 Å². The first-order valence-electron chi connectivity index (χ1n) is 7.45. The Bertz CT molecular complexity index is 244. The highest BCUT2D eigenvalue weighted by atomic mass is 16.5. The Morgan fingerprint density at radius 2 is 1.61 bits per heavy atom. The average molecular weight is 254 g/mol. The fraction of sp³-hybridized carbons (Fsp3) is 0.929. The lowest BCUT2D eigenvalue weighted by atomic mass is 10.1. The number of ether oxygens (including phenoxy) is 1. The second-order valence-corrected chi connectivity index (χ2v) is 5.52. The number of hydrogen-bond donors (Lipinski definition) is 2. The molecule has 4 heteroatoms. The Balaban J connectivity index is 1.61. The Kier molecular flexibility index (Phi) is 5.94. The molecule has 0 radical (unpaired) electrons. The highest BCUT2D eigenvalue weighted by Crippen LogP contribution is 2.16. The quantitative estimate of drug-likeness (QED) is 0.749. The third-order valence-corrected chi connectivity index (χ3v) is 3.99. The predicted molar refractivity (Wildman–Crippen MR) is 71.5 cm³/mol. The van der Waals surface area contributed by atoms with Crippen LogP contribution in [0.25, 0.3) is 0 Å². The Morgan fingerprint density at radius 3 is 2.28 bits per heavy atom. The van der Waals surface area contributed by atoms with Crippen LogP contribution in [0.1, 0.15) is 51.4 Å². The maximum absolute atomic E-state index is 11.8. The van der Waals surface area contributed by atoms with Crippen LogP contribution in [0, 0.1) is 0 Å². The van der Waals surface area contributed by atoms with Crippen molar-refractivity contribution in [3.63, 3.8) is 0 Å². The van der Waals surface area contributed by atoms with Gasteiger partial charge in [-0.2, -0.15) is 0 Å². The van der Waals surface area contributed by atoms with E-state index in [0.717, 1.165) is 26.1 Å². The van der Waals surface area contributed by atoms with Gasteiger partial charge in [-0.05, 0) is 25.7 Å². The molecule has 18 heavy (non-hydrogen) atoms. The summed E-state index contributed by atoms with van der Waals surface area (Å²) in [5, 5.41) is 6.50. The predicted octanol–water partition coefficient (Wildman–Crippen LogP) is 1.59. The molecule has 0 aromatic heterocycles. The molecule has 0 spiro atoms. The van der Waals surface area contributed by atoms with Gasteiger partial charge in [0.2, 0.25) is 5.91 Å². The fourth-order valence-electron chi connectivity index (χ4n) is 2.84. The van der Waals surface area contributed by atoms with E-state index in [2.05, 4.69) is 10.6 Å². The third kappa shape index (κ3) is 4.94. The van der Waals surface area contributed by atoms with Crippen molar-refractivity contribution in [3.8, 4) is 0 Å². The second-order valence-electron chi connectivity index (χ2n) is 5.52. The van der Waals surface area contributed by atoms with Gasteiger partial charge in [0.1, 0.15) is 0 Å². The first-order chi connectivity index (χ1) is 8.84. The average Bonchev–Trinajstić information content (AvgIpc) is 2.66. The molecule has 0 aromatic rings. The van der Waals surface area contributed by atoms with Gasteiger partial charge in [-0.1, -0.05) is 25.7 Å². The summed E-state index contributed by atoms with van der Waals surface area (Å²) in [6, 6.07) is 0.870. The third-order valence-electron chi connectivity index (χ3n) is 3.99. The second kappa shape index (κ2) is 7.74. The zero-order chi connectivity index (χ0) is 12.6. The largest absolute Gasteiger partial charge is 0.381 e. The lowest BCUT2D eigenvalue weighted by Crippen LogP contribution is -2.45. The monoisotopic (exact) mass is 254 g/mol. The van der Waals surface area contributed by atoms with Gasteiger partial charge in [0.25, 0.3) is 0 Å². The molecule has 2 N–H and O–H groups in total.